The van der Waals surface area contributed by atoms with E-state index in [2.05, 4.69) is 0 Å². The fourth-order valence-corrected chi connectivity index (χ4v) is 2.84. The fraction of sp³-hybridized carbons (Fsp3) is 0.167. The van der Waals surface area contributed by atoms with Gasteiger partial charge in [-0.15, -0.1) is 0 Å². The van der Waals surface area contributed by atoms with E-state index in [-0.39, 0.29) is 11.5 Å². The highest BCUT2D eigenvalue weighted by atomic mass is 19.1. The van der Waals surface area contributed by atoms with Crippen LogP contribution >= 0.6 is 0 Å². The third kappa shape index (κ3) is 2.54. The third-order valence-corrected chi connectivity index (χ3v) is 3.82. The topological polar surface area (TPSA) is 51.5 Å². The van der Waals surface area contributed by atoms with Crippen molar-refractivity contribution in [1.29, 1.82) is 0 Å². The van der Waals surface area contributed by atoms with Crippen LogP contribution < -0.4 is 4.74 Å². The van der Waals surface area contributed by atoms with E-state index < -0.39 is 5.97 Å². The van der Waals surface area contributed by atoms with Gasteiger partial charge < -0.3 is 14.4 Å². The molecule has 0 aliphatic heterocycles. The third-order valence-electron chi connectivity index (χ3n) is 3.82. The Hall–Kier alpha value is -2.82. The summed E-state index contributed by atoms with van der Waals surface area (Å²) >= 11 is 0. The first-order valence-electron chi connectivity index (χ1n) is 7.27. The van der Waals surface area contributed by atoms with E-state index in [4.69, 9.17) is 4.74 Å². The predicted molar refractivity (Wildman–Crippen MR) is 86.4 cm³/mol. The molecule has 0 fully saturated rings. The lowest BCUT2D eigenvalue weighted by Gasteiger charge is -2.05. The van der Waals surface area contributed by atoms with Gasteiger partial charge in [-0.3, -0.25) is 0 Å². The SMILES string of the molecule is CCOc1ccc2c(c1)c(-c1ccc(F)cc1)c(C(=O)O)n2C. The molecule has 1 heterocycles. The second kappa shape index (κ2) is 5.76. The van der Waals surface area contributed by atoms with Crippen molar-refractivity contribution in [3.8, 4) is 16.9 Å². The molecule has 0 bridgehead atoms. The van der Waals surface area contributed by atoms with Crippen LogP contribution in [0.5, 0.6) is 5.75 Å². The number of hydrogen-bond acceptors (Lipinski definition) is 2. The van der Waals surface area contributed by atoms with Crippen LogP contribution in [0.3, 0.4) is 0 Å². The van der Waals surface area contributed by atoms with Crippen LogP contribution in [0.15, 0.2) is 42.5 Å². The van der Waals surface area contributed by atoms with Crippen molar-refractivity contribution in [1.82, 2.24) is 4.57 Å². The summed E-state index contributed by atoms with van der Waals surface area (Å²) in [6.07, 6.45) is 0. The van der Waals surface area contributed by atoms with E-state index in [0.717, 1.165) is 10.9 Å². The molecule has 118 valence electrons. The maximum atomic E-state index is 13.2. The van der Waals surface area contributed by atoms with Crippen molar-refractivity contribution in [2.75, 3.05) is 6.61 Å². The maximum Gasteiger partial charge on any atom is 0.353 e. The lowest BCUT2D eigenvalue weighted by atomic mass is 10.0. The predicted octanol–water partition coefficient (Wildman–Crippen LogP) is 4.08. The summed E-state index contributed by atoms with van der Waals surface area (Å²) in [7, 11) is 1.71. The molecule has 0 radical (unpaired) electrons. The first-order valence-corrected chi connectivity index (χ1v) is 7.27. The van der Waals surface area contributed by atoms with Crippen LogP contribution in [-0.2, 0) is 7.05 Å². The van der Waals surface area contributed by atoms with E-state index in [1.54, 1.807) is 23.7 Å². The van der Waals surface area contributed by atoms with Gasteiger partial charge in [-0.05, 0) is 42.8 Å². The Balaban J connectivity index is 2.35. The van der Waals surface area contributed by atoms with Crippen molar-refractivity contribution in [2.24, 2.45) is 7.05 Å². The molecule has 0 unspecified atom stereocenters. The lowest BCUT2D eigenvalue weighted by Crippen LogP contribution is -2.05. The number of benzene rings is 2. The van der Waals surface area contributed by atoms with Gasteiger partial charge in [0.15, 0.2) is 0 Å². The molecular weight excluding hydrogens is 297 g/mol. The van der Waals surface area contributed by atoms with Crippen molar-refractivity contribution in [2.45, 2.75) is 6.92 Å². The molecule has 0 aliphatic carbocycles. The van der Waals surface area contributed by atoms with Gasteiger partial charge in [0.25, 0.3) is 0 Å². The molecule has 0 atom stereocenters. The van der Waals surface area contributed by atoms with Crippen LogP contribution in [0, 0.1) is 5.82 Å². The van der Waals surface area contributed by atoms with Crippen molar-refractivity contribution >= 4 is 16.9 Å². The molecule has 0 spiro atoms. The second-order valence-electron chi connectivity index (χ2n) is 5.21. The van der Waals surface area contributed by atoms with Gasteiger partial charge in [-0.1, -0.05) is 12.1 Å². The zero-order valence-electron chi connectivity index (χ0n) is 12.8. The number of nitrogens with zero attached hydrogens (tertiary/aromatic N) is 1. The Kier molecular flexibility index (Phi) is 3.78. The quantitative estimate of drug-likeness (QED) is 0.789. The zero-order chi connectivity index (χ0) is 16.6. The van der Waals surface area contributed by atoms with Gasteiger partial charge in [-0.2, -0.15) is 0 Å². The van der Waals surface area contributed by atoms with E-state index in [1.807, 2.05) is 25.1 Å². The summed E-state index contributed by atoms with van der Waals surface area (Å²) in [6, 6.07) is 11.3. The number of aryl methyl sites for hydroxylation is 1. The Labute approximate surface area is 132 Å². The Morgan fingerprint density at radius 1 is 1.22 bits per heavy atom. The smallest absolute Gasteiger partial charge is 0.353 e. The number of hydrogen-bond donors (Lipinski definition) is 1. The number of carboxylic acids is 1. The second-order valence-corrected chi connectivity index (χ2v) is 5.21. The van der Waals surface area contributed by atoms with E-state index >= 15 is 0 Å². The molecule has 1 N–H and O–H groups in total. The van der Waals surface area contributed by atoms with Crippen LogP contribution in [0.1, 0.15) is 17.4 Å². The minimum absolute atomic E-state index is 0.167. The van der Waals surface area contributed by atoms with Crippen molar-refractivity contribution < 1.29 is 19.0 Å². The molecular formula is C18H16FNO3. The summed E-state index contributed by atoms with van der Waals surface area (Å²) in [5.74, 6) is -0.715. The summed E-state index contributed by atoms with van der Waals surface area (Å²) < 4.78 is 20.4. The first kappa shape index (κ1) is 15.1. The highest BCUT2D eigenvalue weighted by Gasteiger charge is 2.22. The summed E-state index contributed by atoms with van der Waals surface area (Å²) in [4.78, 5) is 11.7. The average Bonchev–Trinajstić information content (AvgIpc) is 2.81. The number of ether oxygens (including phenoxy) is 1. The Bertz CT molecular complexity index is 881. The molecule has 0 aliphatic rings. The van der Waals surface area contributed by atoms with Gasteiger partial charge in [0.2, 0.25) is 0 Å². The minimum Gasteiger partial charge on any atom is -0.494 e. The zero-order valence-corrected chi connectivity index (χ0v) is 12.8. The molecule has 23 heavy (non-hydrogen) atoms. The maximum absolute atomic E-state index is 13.2. The monoisotopic (exact) mass is 313 g/mol. The van der Waals surface area contributed by atoms with Crippen molar-refractivity contribution in [3.05, 3.63) is 54.0 Å². The first-order chi connectivity index (χ1) is 11.0. The van der Waals surface area contributed by atoms with Crippen LogP contribution in [0.25, 0.3) is 22.0 Å². The Morgan fingerprint density at radius 3 is 2.52 bits per heavy atom. The van der Waals surface area contributed by atoms with Gasteiger partial charge in [0, 0.05) is 23.5 Å². The standard InChI is InChI=1S/C18H16FNO3/c1-3-23-13-8-9-15-14(10-13)16(17(18(21)22)20(15)2)11-4-6-12(19)7-5-11/h4-10H,3H2,1-2H3,(H,21,22). The summed E-state index contributed by atoms with van der Waals surface area (Å²) in [6.45, 7) is 2.41. The van der Waals surface area contributed by atoms with E-state index in [0.29, 0.717) is 23.5 Å². The summed E-state index contributed by atoms with van der Waals surface area (Å²) in [5.41, 5.74) is 2.17. The normalized spacial score (nSPS) is 10.9. The van der Waals surface area contributed by atoms with Gasteiger partial charge in [0.05, 0.1) is 6.61 Å². The minimum atomic E-state index is -1.03. The molecule has 1 aromatic heterocycles. The number of halogens is 1. The Morgan fingerprint density at radius 2 is 1.91 bits per heavy atom. The number of aromatic carboxylic acids is 1. The van der Waals surface area contributed by atoms with Crippen LogP contribution in [-0.4, -0.2) is 22.2 Å². The van der Waals surface area contributed by atoms with E-state index in [1.165, 1.54) is 12.1 Å². The van der Waals surface area contributed by atoms with Gasteiger partial charge >= 0.3 is 5.97 Å². The molecule has 0 saturated heterocycles. The average molecular weight is 313 g/mol. The fourth-order valence-electron chi connectivity index (χ4n) is 2.84. The lowest BCUT2D eigenvalue weighted by molar-refractivity contribution is 0.0688. The molecule has 4 nitrogen and oxygen atoms in total. The number of aromatic nitrogens is 1. The largest absolute Gasteiger partial charge is 0.494 e. The molecule has 0 saturated carbocycles. The number of rotatable bonds is 4. The molecule has 5 heteroatoms. The van der Waals surface area contributed by atoms with Gasteiger partial charge in [-0.25, -0.2) is 9.18 Å². The molecule has 3 rings (SSSR count). The molecule has 2 aromatic carbocycles. The molecule has 0 amide bonds. The van der Waals surface area contributed by atoms with E-state index in [9.17, 15) is 14.3 Å². The highest BCUT2D eigenvalue weighted by molar-refractivity contribution is 6.08. The highest BCUT2D eigenvalue weighted by Crippen LogP contribution is 2.36. The van der Waals surface area contributed by atoms with Crippen LogP contribution in [0.4, 0.5) is 4.39 Å². The van der Waals surface area contributed by atoms with Crippen LogP contribution in [0.2, 0.25) is 0 Å². The number of carbonyl (C=O) groups is 1. The number of carboxylic acid groups (broad SMARTS) is 1. The molecule has 3 aromatic rings. The van der Waals surface area contributed by atoms with Crippen molar-refractivity contribution in [3.63, 3.8) is 0 Å². The number of fused-ring (bicyclic) bond motifs is 1. The summed E-state index contributed by atoms with van der Waals surface area (Å²) in [5, 5.41) is 10.4. The van der Waals surface area contributed by atoms with Gasteiger partial charge in [0.1, 0.15) is 17.3 Å².